The lowest BCUT2D eigenvalue weighted by molar-refractivity contribution is 0.399. The lowest BCUT2D eigenvalue weighted by Crippen LogP contribution is -2.07. The summed E-state index contributed by atoms with van der Waals surface area (Å²) in [7, 11) is 1.41. The van der Waals surface area contributed by atoms with Crippen molar-refractivity contribution < 1.29 is 13.5 Å². The van der Waals surface area contributed by atoms with Crippen molar-refractivity contribution >= 4 is 15.9 Å². The van der Waals surface area contributed by atoms with E-state index in [2.05, 4.69) is 15.9 Å². The van der Waals surface area contributed by atoms with Crippen molar-refractivity contribution in [2.45, 2.75) is 49.8 Å². The van der Waals surface area contributed by atoms with E-state index in [0.717, 1.165) is 6.42 Å². The Hall–Kier alpha value is -0.640. The van der Waals surface area contributed by atoms with Crippen molar-refractivity contribution in [3.8, 4) is 5.75 Å². The molecule has 0 saturated heterocycles. The van der Waals surface area contributed by atoms with E-state index in [4.69, 9.17) is 4.74 Å². The highest BCUT2D eigenvalue weighted by Gasteiger charge is 2.23. The number of halogens is 3. The summed E-state index contributed by atoms with van der Waals surface area (Å²) in [6, 6.07) is 2.50. The minimum Gasteiger partial charge on any atom is -0.497 e. The van der Waals surface area contributed by atoms with Crippen molar-refractivity contribution in [2.75, 3.05) is 7.11 Å². The van der Waals surface area contributed by atoms with E-state index in [0.29, 0.717) is 5.92 Å². The topological polar surface area (TPSA) is 9.23 Å². The average Bonchev–Trinajstić information content (AvgIpc) is 2.66. The van der Waals surface area contributed by atoms with Gasteiger partial charge in [0.1, 0.15) is 17.4 Å². The monoisotopic (exact) mass is 346 g/mol. The van der Waals surface area contributed by atoms with Crippen molar-refractivity contribution in [3.05, 3.63) is 29.3 Å². The first kappa shape index (κ1) is 15.7. The number of benzene rings is 1. The molecule has 0 bridgehead atoms. The minimum absolute atomic E-state index is 0.134. The molecule has 0 aromatic heterocycles. The molecule has 0 heterocycles. The quantitative estimate of drug-likeness (QED) is 0.496. The van der Waals surface area contributed by atoms with E-state index in [9.17, 15) is 8.78 Å². The fourth-order valence-electron chi connectivity index (χ4n) is 2.99. The molecule has 0 spiro atoms. The first-order valence-corrected chi connectivity index (χ1v) is 8.20. The van der Waals surface area contributed by atoms with Gasteiger partial charge in [-0.2, -0.15) is 0 Å². The van der Waals surface area contributed by atoms with Gasteiger partial charge < -0.3 is 4.74 Å². The van der Waals surface area contributed by atoms with Crippen molar-refractivity contribution in [1.29, 1.82) is 0 Å². The molecular formula is C16H21BrF2O. The third-order valence-electron chi connectivity index (χ3n) is 4.12. The van der Waals surface area contributed by atoms with Gasteiger partial charge in [0, 0.05) is 22.5 Å². The molecule has 2 rings (SSSR count). The second-order valence-electron chi connectivity index (χ2n) is 5.57. The largest absolute Gasteiger partial charge is 0.497 e. The minimum atomic E-state index is -0.530. The Bertz CT molecular complexity index is 419. The van der Waals surface area contributed by atoms with Crippen LogP contribution in [-0.4, -0.2) is 7.11 Å². The first-order valence-electron chi connectivity index (χ1n) is 7.28. The molecule has 0 N–H and O–H groups in total. The normalized spacial score (nSPS) is 18.6. The van der Waals surface area contributed by atoms with Gasteiger partial charge in [0.25, 0.3) is 0 Å². The lowest BCUT2D eigenvalue weighted by Gasteiger charge is -2.19. The average molecular weight is 347 g/mol. The van der Waals surface area contributed by atoms with Crippen molar-refractivity contribution in [1.82, 2.24) is 0 Å². The SMILES string of the molecule is COc1cc(F)c(C(Br)CC2CCCCCC2)c(F)c1. The van der Waals surface area contributed by atoms with E-state index in [1.54, 1.807) is 0 Å². The van der Waals surface area contributed by atoms with Crippen LogP contribution in [0.2, 0.25) is 0 Å². The van der Waals surface area contributed by atoms with Gasteiger partial charge in [0.2, 0.25) is 0 Å². The van der Waals surface area contributed by atoms with Crippen LogP contribution < -0.4 is 4.74 Å². The van der Waals surface area contributed by atoms with E-state index in [1.807, 2.05) is 0 Å². The molecule has 1 unspecified atom stereocenters. The molecule has 1 aromatic rings. The van der Waals surface area contributed by atoms with Crippen LogP contribution in [0.4, 0.5) is 8.78 Å². The van der Waals surface area contributed by atoms with Gasteiger partial charge in [-0.25, -0.2) is 8.78 Å². The number of ether oxygens (including phenoxy) is 1. The van der Waals surface area contributed by atoms with Crippen molar-refractivity contribution in [3.63, 3.8) is 0 Å². The van der Waals surface area contributed by atoms with Crippen LogP contribution in [0.5, 0.6) is 5.75 Å². The van der Waals surface area contributed by atoms with Crippen LogP contribution in [0.3, 0.4) is 0 Å². The summed E-state index contributed by atoms with van der Waals surface area (Å²) in [5.41, 5.74) is 0.134. The highest BCUT2D eigenvalue weighted by molar-refractivity contribution is 9.09. The van der Waals surface area contributed by atoms with Crippen LogP contribution in [0, 0.1) is 17.6 Å². The third-order valence-corrected chi connectivity index (χ3v) is 4.95. The maximum Gasteiger partial charge on any atom is 0.134 e. The Labute approximate surface area is 127 Å². The molecule has 1 aliphatic carbocycles. The van der Waals surface area contributed by atoms with Crippen LogP contribution in [0.1, 0.15) is 55.3 Å². The molecule has 0 amide bonds. The summed E-state index contributed by atoms with van der Waals surface area (Å²) in [4.78, 5) is -0.267. The Balaban J connectivity index is 2.10. The molecule has 112 valence electrons. The molecule has 4 heteroatoms. The summed E-state index contributed by atoms with van der Waals surface area (Å²) in [6.45, 7) is 0. The van der Waals surface area contributed by atoms with Gasteiger partial charge in [-0.15, -0.1) is 0 Å². The third kappa shape index (κ3) is 3.94. The maximum absolute atomic E-state index is 14.0. The van der Waals surface area contributed by atoms with Crippen LogP contribution in [0.25, 0.3) is 0 Å². The zero-order valence-corrected chi connectivity index (χ0v) is 13.4. The Kier molecular flexibility index (Phi) is 5.82. The zero-order valence-electron chi connectivity index (χ0n) is 11.8. The smallest absolute Gasteiger partial charge is 0.134 e. The van der Waals surface area contributed by atoms with Gasteiger partial charge in [-0.05, 0) is 12.3 Å². The summed E-state index contributed by atoms with van der Waals surface area (Å²) in [5.74, 6) is -0.282. The Morgan fingerprint density at radius 2 is 1.70 bits per heavy atom. The van der Waals surface area contributed by atoms with Crippen LogP contribution >= 0.6 is 15.9 Å². The Morgan fingerprint density at radius 1 is 1.15 bits per heavy atom. The predicted octanol–water partition coefficient (Wildman–Crippen LogP) is 5.77. The van der Waals surface area contributed by atoms with E-state index >= 15 is 0 Å². The summed E-state index contributed by atoms with van der Waals surface area (Å²) >= 11 is 3.47. The summed E-state index contributed by atoms with van der Waals surface area (Å²) in [5, 5.41) is 0. The molecule has 1 aliphatic rings. The highest BCUT2D eigenvalue weighted by atomic mass is 79.9. The second kappa shape index (κ2) is 7.39. The first-order chi connectivity index (χ1) is 9.61. The van der Waals surface area contributed by atoms with Gasteiger partial charge in [-0.1, -0.05) is 54.5 Å². The predicted molar refractivity (Wildman–Crippen MR) is 80.4 cm³/mol. The number of alkyl halides is 1. The van der Waals surface area contributed by atoms with Crippen LogP contribution in [-0.2, 0) is 0 Å². The van der Waals surface area contributed by atoms with Gasteiger partial charge in [-0.3, -0.25) is 0 Å². The molecule has 0 radical (unpaired) electrons. The molecule has 1 nitrogen and oxygen atoms in total. The second-order valence-corrected chi connectivity index (χ2v) is 6.67. The highest BCUT2D eigenvalue weighted by Crippen LogP contribution is 2.38. The molecule has 1 fully saturated rings. The molecule has 1 atom stereocenters. The number of methoxy groups -OCH3 is 1. The fraction of sp³-hybridized carbons (Fsp3) is 0.625. The van der Waals surface area contributed by atoms with Crippen molar-refractivity contribution in [2.24, 2.45) is 5.92 Å². The molecule has 1 aromatic carbocycles. The van der Waals surface area contributed by atoms with E-state index in [1.165, 1.54) is 57.8 Å². The van der Waals surface area contributed by atoms with E-state index in [-0.39, 0.29) is 16.1 Å². The van der Waals surface area contributed by atoms with Gasteiger partial charge in [0.05, 0.1) is 7.11 Å². The molecule has 20 heavy (non-hydrogen) atoms. The van der Waals surface area contributed by atoms with Gasteiger partial charge >= 0.3 is 0 Å². The molecule has 0 aliphatic heterocycles. The lowest BCUT2D eigenvalue weighted by atomic mass is 9.92. The fourth-order valence-corrected chi connectivity index (χ4v) is 3.95. The molecular weight excluding hydrogens is 326 g/mol. The molecule has 1 saturated carbocycles. The zero-order chi connectivity index (χ0) is 14.5. The summed E-state index contributed by atoms with van der Waals surface area (Å²) in [6.07, 6.45) is 8.17. The number of hydrogen-bond donors (Lipinski definition) is 0. The number of rotatable bonds is 4. The van der Waals surface area contributed by atoms with Crippen LogP contribution in [0.15, 0.2) is 12.1 Å². The Morgan fingerprint density at radius 3 is 2.20 bits per heavy atom. The van der Waals surface area contributed by atoms with Gasteiger partial charge in [0.15, 0.2) is 0 Å². The maximum atomic E-state index is 14.0. The summed E-state index contributed by atoms with van der Waals surface area (Å²) < 4.78 is 32.9. The van der Waals surface area contributed by atoms with E-state index < -0.39 is 11.6 Å². The standard InChI is InChI=1S/C16H21BrF2O/c1-20-12-9-14(18)16(15(19)10-12)13(17)8-11-6-4-2-3-5-7-11/h9-11,13H,2-8H2,1H3. The number of hydrogen-bond acceptors (Lipinski definition) is 1.